The van der Waals surface area contributed by atoms with Crippen molar-refractivity contribution in [3.63, 3.8) is 0 Å². The maximum Gasteiger partial charge on any atom is 0.262 e. The molecule has 7 heteroatoms. The summed E-state index contributed by atoms with van der Waals surface area (Å²) in [6.07, 6.45) is 1.57. The van der Waals surface area contributed by atoms with E-state index in [9.17, 15) is 18.7 Å². The van der Waals surface area contributed by atoms with Crippen molar-refractivity contribution < 1.29 is 18.7 Å². The molecule has 21 heavy (non-hydrogen) atoms. The zero-order valence-electron chi connectivity index (χ0n) is 10.5. The molecule has 5 nitrogen and oxygen atoms in total. The number of benzene rings is 2. The van der Waals surface area contributed by atoms with Crippen molar-refractivity contribution in [2.75, 3.05) is 5.32 Å². The maximum absolute atomic E-state index is 13.6. The summed E-state index contributed by atoms with van der Waals surface area (Å²) in [7, 11) is 0. The number of aromatic nitrogens is 2. The number of nitrogens with zero attached hydrogens (tertiary/aromatic N) is 1. The standard InChI is InChI=1S/C14H9F2N3O2/c15-8-4-9(16)12(11(20)5-8)14(21)18-10-3-1-2-7-6-17-19-13(7)10/h1-6,20H,(H,17,19)(H,18,21). The second kappa shape index (κ2) is 4.86. The van der Waals surface area contributed by atoms with Gasteiger partial charge in [-0.05, 0) is 6.07 Å². The highest BCUT2D eigenvalue weighted by Crippen LogP contribution is 2.25. The van der Waals surface area contributed by atoms with Crippen LogP contribution < -0.4 is 5.32 Å². The van der Waals surface area contributed by atoms with Crippen LogP contribution in [-0.4, -0.2) is 21.2 Å². The molecule has 0 aliphatic rings. The fraction of sp³-hybridized carbons (Fsp3) is 0. The van der Waals surface area contributed by atoms with Crippen LogP contribution in [0.3, 0.4) is 0 Å². The van der Waals surface area contributed by atoms with E-state index in [1.54, 1.807) is 24.4 Å². The number of phenols is 1. The minimum atomic E-state index is -1.14. The number of para-hydroxylation sites is 1. The van der Waals surface area contributed by atoms with Crippen molar-refractivity contribution in [2.24, 2.45) is 0 Å². The monoisotopic (exact) mass is 289 g/mol. The molecule has 0 spiro atoms. The lowest BCUT2D eigenvalue weighted by molar-refractivity contribution is 0.102. The highest BCUT2D eigenvalue weighted by atomic mass is 19.1. The zero-order valence-corrected chi connectivity index (χ0v) is 10.5. The van der Waals surface area contributed by atoms with Crippen LogP contribution in [0.2, 0.25) is 0 Å². The molecular weight excluding hydrogens is 280 g/mol. The van der Waals surface area contributed by atoms with Crippen LogP contribution in [0, 0.1) is 11.6 Å². The highest BCUT2D eigenvalue weighted by molar-refractivity contribution is 6.09. The fourth-order valence-corrected chi connectivity index (χ4v) is 2.04. The molecule has 0 saturated carbocycles. The Kier molecular flexibility index (Phi) is 3.02. The van der Waals surface area contributed by atoms with Gasteiger partial charge in [-0.15, -0.1) is 0 Å². The molecule has 3 N–H and O–H groups in total. The highest BCUT2D eigenvalue weighted by Gasteiger charge is 2.19. The van der Waals surface area contributed by atoms with Crippen LogP contribution in [0.1, 0.15) is 10.4 Å². The zero-order chi connectivity index (χ0) is 15.0. The number of hydrogen-bond acceptors (Lipinski definition) is 3. The summed E-state index contributed by atoms with van der Waals surface area (Å²) in [6, 6.07) is 6.27. The molecule has 0 fully saturated rings. The first-order valence-corrected chi connectivity index (χ1v) is 5.97. The van der Waals surface area contributed by atoms with Crippen molar-refractivity contribution >= 4 is 22.5 Å². The van der Waals surface area contributed by atoms with Gasteiger partial charge < -0.3 is 10.4 Å². The Bertz CT molecular complexity index is 822. The summed E-state index contributed by atoms with van der Waals surface area (Å²) < 4.78 is 26.6. The number of rotatable bonds is 2. The van der Waals surface area contributed by atoms with Crippen molar-refractivity contribution in [3.05, 3.63) is 53.7 Å². The van der Waals surface area contributed by atoms with Gasteiger partial charge in [0.25, 0.3) is 5.91 Å². The summed E-state index contributed by atoms with van der Waals surface area (Å²) in [6.45, 7) is 0. The van der Waals surface area contributed by atoms with E-state index in [1.807, 2.05) is 0 Å². The molecular formula is C14H9F2N3O2. The Balaban J connectivity index is 1.99. The number of fused-ring (bicyclic) bond motifs is 1. The van der Waals surface area contributed by atoms with Gasteiger partial charge in [-0.3, -0.25) is 9.89 Å². The van der Waals surface area contributed by atoms with Gasteiger partial charge in [0.1, 0.15) is 22.9 Å². The second-order valence-corrected chi connectivity index (χ2v) is 4.38. The lowest BCUT2D eigenvalue weighted by Gasteiger charge is -2.08. The van der Waals surface area contributed by atoms with Gasteiger partial charge in [0.15, 0.2) is 0 Å². The Morgan fingerprint density at radius 1 is 1.29 bits per heavy atom. The minimum Gasteiger partial charge on any atom is -0.507 e. The van der Waals surface area contributed by atoms with E-state index in [1.165, 1.54) is 0 Å². The first-order valence-electron chi connectivity index (χ1n) is 5.97. The molecule has 0 aliphatic heterocycles. The molecule has 0 unspecified atom stereocenters. The van der Waals surface area contributed by atoms with Crippen molar-refractivity contribution in [3.8, 4) is 5.75 Å². The third-order valence-electron chi connectivity index (χ3n) is 2.99. The first-order chi connectivity index (χ1) is 10.1. The van der Waals surface area contributed by atoms with Gasteiger partial charge in [-0.25, -0.2) is 8.78 Å². The summed E-state index contributed by atoms with van der Waals surface area (Å²) in [5, 5.41) is 19.3. The molecule has 0 radical (unpaired) electrons. The van der Waals surface area contributed by atoms with Crippen LogP contribution >= 0.6 is 0 Å². The van der Waals surface area contributed by atoms with Crippen LogP contribution in [0.4, 0.5) is 14.5 Å². The van der Waals surface area contributed by atoms with E-state index in [0.717, 1.165) is 5.39 Å². The lowest BCUT2D eigenvalue weighted by Crippen LogP contribution is -2.14. The van der Waals surface area contributed by atoms with Gasteiger partial charge in [-0.2, -0.15) is 5.10 Å². The molecule has 1 heterocycles. The summed E-state index contributed by atoms with van der Waals surface area (Å²) in [5.74, 6) is -3.74. The predicted molar refractivity (Wildman–Crippen MR) is 72.1 cm³/mol. The van der Waals surface area contributed by atoms with Gasteiger partial charge in [0, 0.05) is 17.5 Å². The fourth-order valence-electron chi connectivity index (χ4n) is 2.04. The average Bonchev–Trinajstić information content (AvgIpc) is 2.86. The van der Waals surface area contributed by atoms with Crippen LogP contribution in [0.25, 0.3) is 10.9 Å². The number of carbonyl (C=O) groups excluding carboxylic acids is 1. The van der Waals surface area contributed by atoms with E-state index in [4.69, 9.17) is 0 Å². The van der Waals surface area contributed by atoms with Gasteiger partial charge >= 0.3 is 0 Å². The number of carbonyl (C=O) groups is 1. The average molecular weight is 289 g/mol. The Hall–Kier alpha value is -2.96. The van der Waals surface area contributed by atoms with Crippen LogP contribution in [-0.2, 0) is 0 Å². The molecule has 3 rings (SSSR count). The molecule has 0 atom stereocenters. The second-order valence-electron chi connectivity index (χ2n) is 4.38. The van der Waals surface area contributed by atoms with Crippen molar-refractivity contribution in [1.82, 2.24) is 10.2 Å². The number of aromatic amines is 1. The van der Waals surface area contributed by atoms with Crippen LogP contribution in [0.5, 0.6) is 5.75 Å². The number of amides is 1. The van der Waals surface area contributed by atoms with Crippen LogP contribution in [0.15, 0.2) is 36.5 Å². The van der Waals surface area contributed by atoms with E-state index in [2.05, 4.69) is 15.5 Å². The number of anilines is 1. The number of hydrogen-bond donors (Lipinski definition) is 3. The van der Waals surface area contributed by atoms with Gasteiger partial charge in [0.05, 0.1) is 17.4 Å². The molecule has 106 valence electrons. The van der Waals surface area contributed by atoms with E-state index >= 15 is 0 Å². The van der Waals surface area contributed by atoms with E-state index in [0.29, 0.717) is 23.3 Å². The molecule has 0 bridgehead atoms. The molecule has 1 amide bonds. The number of phenolic OH excluding ortho intramolecular Hbond substituents is 1. The summed E-state index contributed by atoms with van der Waals surface area (Å²) in [4.78, 5) is 12.1. The molecule has 0 aliphatic carbocycles. The van der Waals surface area contributed by atoms with E-state index in [-0.39, 0.29) is 0 Å². The quantitative estimate of drug-likeness (QED) is 0.679. The van der Waals surface area contributed by atoms with Gasteiger partial charge in [0.2, 0.25) is 0 Å². The Morgan fingerprint density at radius 3 is 2.86 bits per heavy atom. The Labute approximate surface area is 117 Å². The first kappa shape index (κ1) is 13.0. The largest absolute Gasteiger partial charge is 0.507 e. The topological polar surface area (TPSA) is 78.0 Å². The van der Waals surface area contributed by atoms with Crippen molar-refractivity contribution in [1.29, 1.82) is 0 Å². The number of nitrogens with one attached hydrogen (secondary N) is 2. The molecule has 3 aromatic rings. The SMILES string of the molecule is O=C(Nc1cccc2cn[nH]c12)c1c(O)cc(F)cc1F. The molecule has 1 aromatic heterocycles. The van der Waals surface area contributed by atoms with E-state index < -0.39 is 28.9 Å². The number of H-pyrrole nitrogens is 1. The third kappa shape index (κ3) is 2.29. The Morgan fingerprint density at radius 2 is 2.10 bits per heavy atom. The normalized spacial score (nSPS) is 10.8. The summed E-state index contributed by atoms with van der Waals surface area (Å²) >= 11 is 0. The van der Waals surface area contributed by atoms with Gasteiger partial charge in [-0.1, -0.05) is 12.1 Å². The lowest BCUT2D eigenvalue weighted by atomic mass is 10.1. The number of aromatic hydroxyl groups is 1. The third-order valence-corrected chi connectivity index (χ3v) is 2.99. The maximum atomic E-state index is 13.6. The smallest absolute Gasteiger partial charge is 0.262 e. The minimum absolute atomic E-state index is 0.373. The molecule has 0 saturated heterocycles. The van der Waals surface area contributed by atoms with Crippen molar-refractivity contribution in [2.45, 2.75) is 0 Å². The summed E-state index contributed by atoms with van der Waals surface area (Å²) in [5.41, 5.74) is 0.318. The predicted octanol–water partition coefficient (Wildman–Crippen LogP) is 2.80. The molecule has 2 aromatic carbocycles. The number of halogens is 2.